The molecule has 0 aliphatic carbocycles. The number of aryl methyl sites for hydroxylation is 1. The normalized spacial score (nSPS) is 18.9. The van der Waals surface area contributed by atoms with Gasteiger partial charge < -0.3 is 19.4 Å². The number of fused-ring (bicyclic) bond motifs is 1. The fraction of sp³-hybridized carbons (Fsp3) is 0.364. The Labute approximate surface area is 87.4 Å². The van der Waals surface area contributed by atoms with Crippen molar-refractivity contribution in [1.29, 1.82) is 0 Å². The van der Waals surface area contributed by atoms with Crippen molar-refractivity contribution in [2.75, 3.05) is 7.11 Å². The van der Waals surface area contributed by atoms with Crippen LogP contribution in [-0.4, -0.2) is 19.2 Å². The molecule has 4 heteroatoms. The lowest BCUT2D eigenvalue weighted by molar-refractivity contribution is -0.314. The van der Waals surface area contributed by atoms with Gasteiger partial charge in [0.2, 0.25) is 0 Å². The summed E-state index contributed by atoms with van der Waals surface area (Å²) >= 11 is 0. The van der Waals surface area contributed by atoms with Gasteiger partial charge in [-0.2, -0.15) is 0 Å². The first-order chi connectivity index (χ1) is 7.20. The predicted molar refractivity (Wildman–Crippen MR) is 50.7 cm³/mol. The Balaban J connectivity index is 2.27. The van der Waals surface area contributed by atoms with Gasteiger partial charge in [0.1, 0.15) is 17.6 Å². The molecule has 0 N–H and O–H groups in total. The summed E-state index contributed by atoms with van der Waals surface area (Å²) in [7, 11) is 1.56. The molecule has 1 unspecified atom stereocenters. The summed E-state index contributed by atoms with van der Waals surface area (Å²) in [6, 6.07) is 5.42. The topological polar surface area (TPSA) is 58.6 Å². The first kappa shape index (κ1) is 9.83. The van der Waals surface area contributed by atoms with Gasteiger partial charge >= 0.3 is 0 Å². The van der Waals surface area contributed by atoms with Crippen LogP contribution >= 0.6 is 0 Å². The lowest BCUT2D eigenvalue weighted by atomic mass is 10.0. The Hall–Kier alpha value is -1.71. The van der Waals surface area contributed by atoms with Crippen LogP contribution in [0.15, 0.2) is 18.2 Å². The number of carbonyl (C=O) groups excluding carboxylic acids is 1. The summed E-state index contributed by atoms with van der Waals surface area (Å²) in [6.45, 7) is 0. The minimum Gasteiger partial charge on any atom is -0.546 e. The van der Waals surface area contributed by atoms with Crippen LogP contribution in [0.2, 0.25) is 0 Å². The molecule has 0 fully saturated rings. The fourth-order valence-corrected chi connectivity index (χ4v) is 1.64. The van der Waals surface area contributed by atoms with Crippen molar-refractivity contribution in [2.24, 2.45) is 0 Å². The van der Waals surface area contributed by atoms with Gasteiger partial charge in [-0.25, -0.2) is 0 Å². The molecule has 1 aromatic rings. The molecular weight excluding hydrogens is 196 g/mol. The number of rotatable bonds is 2. The standard InChI is InChI=1S/C11H12O4/c1-14-8-4-2-7-3-5-9(11(12)13)15-10(7)6-8/h2,4,6,9H,3,5H2,1H3,(H,12,13)/p-1. The molecule has 0 aromatic heterocycles. The van der Waals surface area contributed by atoms with Gasteiger partial charge in [-0.15, -0.1) is 0 Å². The third-order valence-electron chi connectivity index (χ3n) is 2.48. The SMILES string of the molecule is COc1ccc2c(c1)OC(C(=O)[O-])CC2. The third kappa shape index (κ3) is 1.88. The van der Waals surface area contributed by atoms with E-state index in [9.17, 15) is 9.90 Å². The molecule has 0 saturated heterocycles. The van der Waals surface area contributed by atoms with E-state index < -0.39 is 12.1 Å². The van der Waals surface area contributed by atoms with E-state index in [1.54, 1.807) is 13.2 Å². The number of methoxy groups -OCH3 is 1. The van der Waals surface area contributed by atoms with Crippen molar-refractivity contribution in [3.05, 3.63) is 23.8 Å². The molecule has 0 saturated carbocycles. The Bertz CT molecular complexity index is 386. The largest absolute Gasteiger partial charge is 0.546 e. The molecule has 0 spiro atoms. The van der Waals surface area contributed by atoms with Gasteiger partial charge in [-0.1, -0.05) is 6.07 Å². The number of hydrogen-bond acceptors (Lipinski definition) is 4. The van der Waals surface area contributed by atoms with E-state index in [1.165, 1.54) is 0 Å². The summed E-state index contributed by atoms with van der Waals surface area (Å²) in [5.74, 6) is 0.0750. The molecule has 15 heavy (non-hydrogen) atoms. The zero-order valence-electron chi connectivity index (χ0n) is 8.36. The molecule has 80 valence electrons. The number of ether oxygens (including phenoxy) is 2. The van der Waals surface area contributed by atoms with Crippen molar-refractivity contribution < 1.29 is 19.4 Å². The number of carbonyl (C=O) groups is 1. The van der Waals surface area contributed by atoms with E-state index in [0.29, 0.717) is 24.3 Å². The van der Waals surface area contributed by atoms with Gasteiger partial charge in [0.25, 0.3) is 0 Å². The third-order valence-corrected chi connectivity index (χ3v) is 2.48. The lowest BCUT2D eigenvalue weighted by Crippen LogP contribution is -2.41. The lowest BCUT2D eigenvalue weighted by Gasteiger charge is -2.26. The second-order valence-corrected chi connectivity index (χ2v) is 3.44. The summed E-state index contributed by atoms with van der Waals surface area (Å²) in [5.41, 5.74) is 1.01. The highest BCUT2D eigenvalue weighted by Gasteiger charge is 2.20. The highest BCUT2D eigenvalue weighted by molar-refractivity contribution is 5.71. The van der Waals surface area contributed by atoms with E-state index in [-0.39, 0.29) is 0 Å². The van der Waals surface area contributed by atoms with Crippen LogP contribution < -0.4 is 14.6 Å². The van der Waals surface area contributed by atoms with E-state index in [1.807, 2.05) is 12.1 Å². The minimum absolute atomic E-state index is 0.460. The highest BCUT2D eigenvalue weighted by Crippen LogP contribution is 2.30. The van der Waals surface area contributed by atoms with Crippen LogP contribution in [0.1, 0.15) is 12.0 Å². The van der Waals surface area contributed by atoms with Crippen molar-refractivity contribution in [1.82, 2.24) is 0 Å². The van der Waals surface area contributed by atoms with Gasteiger partial charge in [-0.3, -0.25) is 0 Å². The molecule has 1 aliphatic heterocycles. The second-order valence-electron chi connectivity index (χ2n) is 3.44. The Morgan fingerprint density at radius 1 is 1.60 bits per heavy atom. The maximum atomic E-state index is 10.7. The quantitative estimate of drug-likeness (QED) is 0.692. The monoisotopic (exact) mass is 207 g/mol. The fourth-order valence-electron chi connectivity index (χ4n) is 1.64. The average Bonchev–Trinajstić information content (AvgIpc) is 2.27. The Morgan fingerprint density at radius 2 is 2.40 bits per heavy atom. The molecule has 4 nitrogen and oxygen atoms in total. The molecule has 0 bridgehead atoms. The van der Waals surface area contributed by atoms with Gasteiger partial charge in [-0.05, 0) is 24.5 Å². The molecule has 0 amide bonds. The van der Waals surface area contributed by atoms with E-state index >= 15 is 0 Å². The molecule has 1 aliphatic rings. The van der Waals surface area contributed by atoms with Crippen LogP contribution in [0.3, 0.4) is 0 Å². The minimum atomic E-state index is -1.16. The highest BCUT2D eigenvalue weighted by atomic mass is 16.5. The first-order valence-electron chi connectivity index (χ1n) is 4.75. The van der Waals surface area contributed by atoms with Crippen LogP contribution in [-0.2, 0) is 11.2 Å². The van der Waals surface area contributed by atoms with Gasteiger partial charge in [0, 0.05) is 6.07 Å². The molecule has 0 radical (unpaired) electrons. The average molecular weight is 207 g/mol. The van der Waals surface area contributed by atoms with E-state index in [2.05, 4.69) is 0 Å². The van der Waals surface area contributed by atoms with Crippen molar-refractivity contribution >= 4 is 5.97 Å². The van der Waals surface area contributed by atoms with Crippen LogP contribution in [0.4, 0.5) is 0 Å². The zero-order valence-corrected chi connectivity index (χ0v) is 8.36. The number of benzene rings is 1. The van der Waals surface area contributed by atoms with Crippen molar-refractivity contribution in [2.45, 2.75) is 18.9 Å². The summed E-state index contributed by atoms with van der Waals surface area (Å²) in [6.07, 6.45) is 0.309. The molecular formula is C11H11O4-. The van der Waals surface area contributed by atoms with E-state index in [0.717, 1.165) is 5.56 Å². The van der Waals surface area contributed by atoms with E-state index in [4.69, 9.17) is 9.47 Å². The molecule has 1 atom stereocenters. The van der Waals surface area contributed by atoms with Crippen LogP contribution in [0.25, 0.3) is 0 Å². The van der Waals surface area contributed by atoms with Gasteiger partial charge in [0.15, 0.2) is 0 Å². The molecule has 1 heterocycles. The van der Waals surface area contributed by atoms with Crippen molar-refractivity contribution in [3.63, 3.8) is 0 Å². The van der Waals surface area contributed by atoms with Crippen LogP contribution in [0.5, 0.6) is 11.5 Å². The number of carboxylic acid groups (broad SMARTS) is 1. The maximum Gasteiger partial charge on any atom is 0.138 e. The second kappa shape index (κ2) is 3.81. The Kier molecular flexibility index (Phi) is 2.49. The predicted octanol–water partition coefficient (Wildman–Crippen LogP) is 0.139. The zero-order chi connectivity index (χ0) is 10.8. The Morgan fingerprint density at radius 3 is 3.07 bits per heavy atom. The number of hydrogen-bond donors (Lipinski definition) is 0. The number of carboxylic acids is 1. The van der Waals surface area contributed by atoms with Crippen LogP contribution in [0, 0.1) is 0 Å². The summed E-state index contributed by atoms with van der Waals surface area (Å²) < 4.78 is 10.3. The van der Waals surface area contributed by atoms with Gasteiger partial charge in [0.05, 0.1) is 13.1 Å². The summed E-state index contributed by atoms with van der Waals surface area (Å²) in [5, 5.41) is 10.7. The smallest absolute Gasteiger partial charge is 0.138 e. The molecule has 2 rings (SSSR count). The summed E-state index contributed by atoms with van der Waals surface area (Å²) in [4.78, 5) is 10.7. The molecule has 1 aromatic carbocycles. The first-order valence-corrected chi connectivity index (χ1v) is 4.75. The van der Waals surface area contributed by atoms with Crippen molar-refractivity contribution in [3.8, 4) is 11.5 Å². The number of aliphatic carboxylic acids is 1. The maximum absolute atomic E-state index is 10.7.